The fraction of sp³-hybridized carbons (Fsp3) is 0.333. The van der Waals surface area contributed by atoms with Crippen LogP contribution in [0.5, 0.6) is 0 Å². The van der Waals surface area contributed by atoms with Gasteiger partial charge in [0.05, 0.1) is 36.6 Å². The van der Waals surface area contributed by atoms with Crippen molar-refractivity contribution in [1.82, 2.24) is 24.0 Å². The number of alkyl halides is 3. The van der Waals surface area contributed by atoms with Gasteiger partial charge in [-0.05, 0) is 24.1 Å². The maximum absolute atomic E-state index is 15.0. The monoisotopic (exact) mass is 592 g/mol. The van der Waals surface area contributed by atoms with E-state index in [2.05, 4.69) is 20.4 Å². The number of carbonyl (C=O) groups is 1. The number of nitrogens with one attached hydrogen (secondary N) is 1. The van der Waals surface area contributed by atoms with Gasteiger partial charge in [0.1, 0.15) is 17.3 Å². The standard InChI is InChI=1S/C21H21ClF4N8O4S/c1-3-14-16(32-10-12(22)17(27)30-19(32)29-14)18(35)28-9-11-4-5-15(13(23)8-11)33-6-7-34(20(31-33)38-2)39(36,37)21(24,25)26/h4-5,8,10H,3,6-7,9H2,1-2H3,(H,28,35)(H2,27,29,30). The summed E-state index contributed by atoms with van der Waals surface area (Å²) in [7, 11) is -4.81. The molecule has 0 atom stereocenters. The van der Waals surface area contributed by atoms with E-state index in [4.69, 9.17) is 22.1 Å². The molecule has 0 bridgehead atoms. The molecular weight excluding hydrogens is 572 g/mol. The maximum atomic E-state index is 15.0. The number of hydrazone groups is 1. The summed E-state index contributed by atoms with van der Waals surface area (Å²) in [4.78, 5) is 21.3. The Hall–Kier alpha value is -3.86. The van der Waals surface area contributed by atoms with E-state index in [0.29, 0.717) is 17.7 Å². The molecule has 39 heavy (non-hydrogen) atoms. The number of hydrogen-bond donors (Lipinski definition) is 2. The highest BCUT2D eigenvalue weighted by Gasteiger charge is 2.52. The van der Waals surface area contributed by atoms with Gasteiger partial charge in [-0.3, -0.25) is 14.2 Å². The Morgan fingerprint density at radius 1 is 1.26 bits per heavy atom. The van der Waals surface area contributed by atoms with Crippen LogP contribution in [0, 0.1) is 5.82 Å². The summed E-state index contributed by atoms with van der Waals surface area (Å²) in [5.41, 5.74) is 0.989. The summed E-state index contributed by atoms with van der Waals surface area (Å²) in [5, 5.41) is 7.50. The van der Waals surface area contributed by atoms with Gasteiger partial charge in [-0.15, -0.1) is 5.10 Å². The molecule has 18 heteroatoms. The molecule has 0 spiro atoms. The molecule has 1 aliphatic rings. The van der Waals surface area contributed by atoms with Crippen LogP contribution in [0.3, 0.4) is 0 Å². The Kier molecular flexibility index (Phi) is 7.48. The molecule has 210 valence electrons. The maximum Gasteiger partial charge on any atom is 0.516 e. The number of nitrogens with zero attached hydrogens (tertiary/aromatic N) is 6. The number of halogens is 5. The summed E-state index contributed by atoms with van der Waals surface area (Å²) >= 11 is 6.04. The number of nitrogens with two attached hydrogens (primary N) is 1. The van der Waals surface area contributed by atoms with Gasteiger partial charge in [0.25, 0.3) is 5.91 Å². The summed E-state index contributed by atoms with van der Waals surface area (Å²) in [6.07, 6.45) is 1.83. The number of fused-ring (bicyclic) bond motifs is 1. The number of sulfonamides is 1. The van der Waals surface area contributed by atoms with Gasteiger partial charge in [0.15, 0.2) is 0 Å². The summed E-state index contributed by atoms with van der Waals surface area (Å²) in [5.74, 6) is -1.09. The minimum atomic E-state index is -5.75. The first-order valence-corrected chi connectivity index (χ1v) is 13.0. The zero-order valence-corrected chi connectivity index (χ0v) is 21.9. The lowest BCUT2D eigenvalue weighted by Crippen LogP contribution is -2.51. The topological polar surface area (TPSA) is 148 Å². The van der Waals surface area contributed by atoms with Crippen LogP contribution in [0.15, 0.2) is 29.5 Å². The molecule has 0 aliphatic carbocycles. The van der Waals surface area contributed by atoms with Gasteiger partial charge in [0.2, 0.25) is 5.78 Å². The molecule has 0 saturated carbocycles. The Labute approximate surface area is 224 Å². The number of aryl methyl sites for hydroxylation is 1. The minimum absolute atomic E-state index is 0.0347. The van der Waals surface area contributed by atoms with Crippen LogP contribution >= 0.6 is 11.6 Å². The van der Waals surface area contributed by atoms with Crippen LogP contribution < -0.4 is 16.1 Å². The predicted octanol–water partition coefficient (Wildman–Crippen LogP) is 2.49. The second-order valence-electron chi connectivity index (χ2n) is 8.11. The van der Waals surface area contributed by atoms with Gasteiger partial charge in [-0.1, -0.05) is 24.6 Å². The van der Waals surface area contributed by atoms with Gasteiger partial charge in [-0.2, -0.15) is 26.6 Å². The van der Waals surface area contributed by atoms with Crippen molar-refractivity contribution < 1.29 is 35.5 Å². The molecule has 1 aliphatic heterocycles. The normalized spacial score (nSPS) is 14.5. The summed E-state index contributed by atoms with van der Waals surface area (Å²) < 4.78 is 83.5. The first-order valence-electron chi connectivity index (χ1n) is 11.2. The Balaban J connectivity index is 1.52. The third kappa shape index (κ3) is 5.23. The molecule has 3 heterocycles. The first kappa shape index (κ1) is 28.2. The number of benzene rings is 1. The van der Waals surface area contributed by atoms with E-state index in [1.165, 1.54) is 22.7 Å². The lowest BCUT2D eigenvalue weighted by molar-refractivity contribution is -0.0477. The summed E-state index contributed by atoms with van der Waals surface area (Å²) in [6.45, 7) is 0.639. The van der Waals surface area contributed by atoms with Crippen molar-refractivity contribution in [3.63, 3.8) is 0 Å². The number of amidine groups is 1. The second-order valence-corrected chi connectivity index (χ2v) is 10.4. The van der Waals surface area contributed by atoms with Gasteiger partial charge < -0.3 is 15.8 Å². The first-order chi connectivity index (χ1) is 18.3. The molecule has 1 amide bonds. The zero-order valence-electron chi connectivity index (χ0n) is 20.3. The Morgan fingerprint density at radius 2 is 1.97 bits per heavy atom. The average Bonchev–Trinajstić information content (AvgIpc) is 3.23. The van der Waals surface area contributed by atoms with E-state index in [1.807, 2.05) is 0 Å². The predicted molar refractivity (Wildman–Crippen MR) is 133 cm³/mol. The zero-order chi connectivity index (χ0) is 28.7. The number of rotatable bonds is 6. The largest absolute Gasteiger partial charge is 0.516 e. The highest BCUT2D eigenvalue weighted by molar-refractivity contribution is 7.90. The van der Waals surface area contributed by atoms with E-state index in [9.17, 15) is 30.8 Å². The van der Waals surface area contributed by atoms with Crippen molar-refractivity contribution in [3.05, 3.63) is 52.2 Å². The van der Waals surface area contributed by atoms with Crippen molar-refractivity contribution in [2.24, 2.45) is 5.10 Å². The molecule has 2 aromatic heterocycles. The van der Waals surface area contributed by atoms with Crippen molar-refractivity contribution in [1.29, 1.82) is 0 Å². The number of hydrogen-bond acceptors (Lipinski definition) is 9. The number of nitrogen functional groups attached to an aromatic ring is 1. The van der Waals surface area contributed by atoms with Crippen molar-refractivity contribution in [3.8, 4) is 0 Å². The number of ether oxygens (including phenoxy) is 1. The third-order valence-electron chi connectivity index (χ3n) is 5.67. The Bertz CT molecular complexity index is 1580. The molecule has 0 unspecified atom stereocenters. The third-order valence-corrected chi connectivity index (χ3v) is 7.46. The summed E-state index contributed by atoms with van der Waals surface area (Å²) in [6, 6.07) is 2.99. The number of amides is 1. The molecule has 1 aromatic carbocycles. The molecule has 12 nitrogen and oxygen atoms in total. The van der Waals surface area contributed by atoms with Crippen molar-refractivity contribution in [2.45, 2.75) is 25.4 Å². The van der Waals surface area contributed by atoms with Crippen LogP contribution in [-0.2, 0) is 27.7 Å². The number of methoxy groups -OCH3 is 1. The molecule has 4 rings (SSSR count). The van der Waals surface area contributed by atoms with Crippen LogP contribution in [0.2, 0.25) is 5.02 Å². The van der Waals surface area contributed by atoms with Gasteiger partial charge in [0, 0.05) is 12.7 Å². The van der Waals surface area contributed by atoms with Gasteiger partial charge in [-0.25, -0.2) is 13.7 Å². The van der Waals surface area contributed by atoms with E-state index < -0.39 is 39.8 Å². The molecular formula is C21H21ClF4N8O4S. The lowest BCUT2D eigenvalue weighted by Gasteiger charge is -2.32. The highest BCUT2D eigenvalue weighted by Crippen LogP contribution is 2.30. The van der Waals surface area contributed by atoms with E-state index in [-0.39, 0.29) is 45.4 Å². The van der Waals surface area contributed by atoms with E-state index in [0.717, 1.165) is 18.2 Å². The van der Waals surface area contributed by atoms with Crippen LogP contribution in [0.1, 0.15) is 28.7 Å². The van der Waals surface area contributed by atoms with Crippen LogP contribution in [0.4, 0.5) is 29.1 Å². The average molecular weight is 593 g/mol. The lowest BCUT2D eigenvalue weighted by atomic mass is 10.1. The number of imidazole rings is 1. The Morgan fingerprint density at radius 3 is 2.59 bits per heavy atom. The smallest absolute Gasteiger partial charge is 0.467 e. The van der Waals surface area contributed by atoms with Crippen LogP contribution in [-0.4, -0.2) is 64.7 Å². The van der Waals surface area contributed by atoms with Crippen LogP contribution in [0.25, 0.3) is 5.78 Å². The fourth-order valence-electron chi connectivity index (χ4n) is 3.78. The van der Waals surface area contributed by atoms with E-state index >= 15 is 0 Å². The molecule has 0 saturated heterocycles. The van der Waals surface area contributed by atoms with Crippen molar-refractivity contribution >= 4 is 50.8 Å². The van der Waals surface area contributed by atoms with E-state index in [1.54, 1.807) is 6.92 Å². The quantitative estimate of drug-likeness (QED) is 0.415. The molecule has 3 aromatic rings. The number of aromatic nitrogens is 3. The molecule has 0 radical (unpaired) electrons. The fourth-order valence-corrected chi connectivity index (χ4v) is 4.81. The van der Waals surface area contributed by atoms with Gasteiger partial charge >= 0.3 is 21.6 Å². The highest BCUT2D eigenvalue weighted by atomic mass is 35.5. The second kappa shape index (κ2) is 10.4. The molecule has 3 N–H and O–H groups in total. The molecule has 0 fully saturated rings. The minimum Gasteiger partial charge on any atom is -0.467 e. The SMILES string of the molecule is CCc1nc2nc(N)c(Cl)cn2c1C(=O)NCc1ccc(N2CCN(S(=O)(=O)C(F)(F)F)C(OC)=N2)c(F)c1. The number of anilines is 2. The number of carbonyl (C=O) groups excluding carboxylic acids is 1. The van der Waals surface area contributed by atoms with Crippen molar-refractivity contribution in [2.75, 3.05) is 30.9 Å².